The van der Waals surface area contributed by atoms with Crippen LogP contribution in [0, 0.1) is 0 Å². The number of hydrogen-bond acceptors (Lipinski definition) is 3. The van der Waals surface area contributed by atoms with Gasteiger partial charge in [0.15, 0.2) is 0 Å². The quantitative estimate of drug-likeness (QED) is 0.395. The van der Waals surface area contributed by atoms with Gasteiger partial charge in [-0.3, -0.25) is 0 Å². The summed E-state index contributed by atoms with van der Waals surface area (Å²) in [6.45, 7) is 23.9. The summed E-state index contributed by atoms with van der Waals surface area (Å²) in [5.41, 5.74) is 18.3. The van der Waals surface area contributed by atoms with Crippen LogP contribution in [-0.4, -0.2) is 30.6 Å². The molecule has 2 aliphatic rings. The van der Waals surface area contributed by atoms with E-state index in [4.69, 9.17) is 11.5 Å². The van der Waals surface area contributed by atoms with Crippen LogP contribution in [0.25, 0.3) is 11.1 Å². The molecule has 4 rings (SSSR count). The molecule has 1 aliphatic carbocycles. The maximum atomic E-state index is 6.48. The molecule has 3 nitrogen and oxygen atoms in total. The third kappa shape index (κ3) is 8.49. The maximum Gasteiger partial charge on any atom is 0.0602 e. The molecule has 2 aromatic carbocycles. The summed E-state index contributed by atoms with van der Waals surface area (Å²) in [5, 5.41) is 0. The first-order valence-corrected chi connectivity index (χ1v) is 14.7. The first-order valence-electron chi connectivity index (χ1n) is 14.7. The predicted molar refractivity (Wildman–Crippen MR) is 163 cm³/mol. The van der Waals surface area contributed by atoms with Crippen molar-refractivity contribution in [1.82, 2.24) is 4.90 Å². The lowest BCUT2D eigenvalue weighted by Crippen LogP contribution is -2.40. The van der Waals surface area contributed by atoms with E-state index in [-0.39, 0.29) is 5.41 Å². The zero-order valence-corrected chi connectivity index (χ0v) is 24.9. The van der Waals surface area contributed by atoms with Crippen molar-refractivity contribution in [2.45, 2.75) is 105 Å². The smallest absolute Gasteiger partial charge is 0.0602 e. The number of fused-ring (bicyclic) bond motifs is 3. The fourth-order valence-corrected chi connectivity index (χ4v) is 5.00. The average Bonchev–Trinajstić information content (AvgIpc) is 3.23. The molecule has 204 valence electrons. The van der Waals surface area contributed by atoms with Crippen molar-refractivity contribution in [3.8, 4) is 11.1 Å². The average molecular weight is 496 g/mol. The SMILES string of the molecule is C=C(N)C1(CCCCN2CCC(N)CC2)c2ccccc2-c2ccccc21.CC.CC.CC.CCC. The fourth-order valence-electron chi connectivity index (χ4n) is 5.00. The number of likely N-dealkylation sites (tertiary alicyclic amines) is 1. The molecule has 0 atom stereocenters. The molecule has 2 aromatic rings. The molecule has 0 unspecified atom stereocenters. The lowest BCUT2D eigenvalue weighted by molar-refractivity contribution is 0.208. The van der Waals surface area contributed by atoms with E-state index in [9.17, 15) is 0 Å². The van der Waals surface area contributed by atoms with Crippen LogP contribution in [0.1, 0.15) is 105 Å². The van der Waals surface area contributed by atoms with Crippen LogP contribution >= 0.6 is 0 Å². The predicted octanol–water partition coefficient (Wildman–Crippen LogP) is 8.51. The van der Waals surface area contributed by atoms with Gasteiger partial charge in [-0.05, 0) is 67.6 Å². The van der Waals surface area contributed by atoms with Crippen molar-refractivity contribution in [2.24, 2.45) is 11.5 Å². The summed E-state index contributed by atoms with van der Waals surface area (Å²) >= 11 is 0. The van der Waals surface area contributed by atoms with E-state index in [2.05, 4.69) is 73.9 Å². The topological polar surface area (TPSA) is 55.3 Å². The lowest BCUT2D eigenvalue weighted by atomic mass is 9.72. The van der Waals surface area contributed by atoms with E-state index in [0.717, 1.165) is 51.0 Å². The van der Waals surface area contributed by atoms with Gasteiger partial charge in [-0.1, -0.05) is 123 Å². The molecule has 0 spiro atoms. The Morgan fingerprint density at radius 2 is 1.25 bits per heavy atom. The third-order valence-electron chi connectivity index (χ3n) is 6.52. The molecular formula is C33H57N3. The standard InChI is InChI=1S/C24H31N3.C3H8.3C2H6/c1-18(25)24(14-6-7-15-27-16-12-19(26)13-17-27)22-10-4-2-8-20(22)21-9-3-5-11-23(21)24;1-3-2;3*1-2/h2-5,8-11,19H,1,6-7,12-17,25-26H2;3H2,1-2H3;3*1-2H3. The van der Waals surface area contributed by atoms with Gasteiger partial charge in [0.2, 0.25) is 0 Å². The Bertz CT molecular complexity index is 789. The zero-order valence-electron chi connectivity index (χ0n) is 24.9. The number of unbranched alkanes of at least 4 members (excludes halogenated alkanes) is 1. The molecule has 0 aromatic heterocycles. The van der Waals surface area contributed by atoms with E-state index in [1.54, 1.807) is 0 Å². The molecule has 0 amide bonds. The highest BCUT2D eigenvalue weighted by Gasteiger charge is 2.43. The van der Waals surface area contributed by atoms with Crippen molar-refractivity contribution < 1.29 is 0 Å². The summed E-state index contributed by atoms with van der Waals surface area (Å²) < 4.78 is 0. The van der Waals surface area contributed by atoms with Gasteiger partial charge in [-0.15, -0.1) is 0 Å². The molecule has 4 N–H and O–H groups in total. The number of nitrogens with zero attached hydrogens (tertiary/aromatic N) is 1. The number of hydrogen-bond donors (Lipinski definition) is 2. The van der Waals surface area contributed by atoms with Gasteiger partial charge in [0, 0.05) is 11.7 Å². The summed E-state index contributed by atoms with van der Waals surface area (Å²) in [4.78, 5) is 2.56. The molecule has 0 radical (unpaired) electrons. The number of allylic oxidation sites excluding steroid dienone is 1. The largest absolute Gasteiger partial charge is 0.402 e. The maximum absolute atomic E-state index is 6.48. The van der Waals surface area contributed by atoms with E-state index in [1.165, 1.54) is 35.1 Å². The van der Waals surface area contributed by atoms with Gasteiger partial charge < -0.3 is 16.4 Å². The van der Waals surface area contributed by atoms with Gasteiger partial charge in [0.1, 0.15) is 0 Å². The molecule has 1 aliphatic heterocycles. The first kappa shape index (κ1) is 33.9. The van der Waals surface area contributed by atoms with E-state index in [1.807, 2.05) is 41.5 Å². The van der Waals surface area contributed by atoms with Crippen LogP contribution in [0.15, 0.2) is 60.8 Å². The minimum Gasteiger partial charge on any atom is -0.402 e. The Morgan fingerprint density at radius 3 is 1.67 bits per heavy atom. The number of benzene rings is 2. The van der Waals surface area contributed by atoms with Crippen LogP contribution in [0.2, 0.25) is 0 Å². The molecule has 0 bridgehead atoms. The van der Waals surface area contributed by atoms with E-state index >= 15 is 0 Å². The second kappa shape index (κ2) is 19.1. The van der Waals surface area contributed by atoms with Crippen molar-refractivity contribution in [2.75, 3.05) is 19.6 Å². The van der Waals surface area contributed by atoms with Gasteiger partial charge in [0.25, 0.3) is 0 Å². The molecule has 0 saturated carbocycles. The molecule has 1 heterocycles. The highest BCUT2D eigenvalue weighted by molar-refractivity contribution is 5.82. The van der Waals surface area contributed by atoms with Crippen molar-refractivity contribution >= 4 is 0 Å². The zero-order chi connectivity index (χ0) is 27.6. The summed E-state index contributed by atoms with van der Waals surface area (Å²) in [7, 11) is 0. The van der Waals surface area contributed by atoms with Gasteiger partial charge in [0.05, 0.1) is 5.41 Å². The summed E-state index contributed by atoms with van der Waals surface area (Å²) in [6, 6.07) is 17.8. The van der Waals surface area contributed by atoms with Gasteiger partial charge >= 0.3 is 0 Å². The Kier molecular flexibility index (Phi) is 18.0. The van der Waals surface area contributed by atoms with Crippen LogP contribution in [0.4, 0.5) is 0 Å². The highest BCUT2D eigenvalue weighted by Crippen LogP contribution is 2.53. The molecular weight excluding hydrogens is 438 g/mol. The lowest BCUT2D eigenvalue weighted by Gasteiger charge is -2.33. The molecule has 1 saturated heterocycles. The second-order valence-corrected chi connectivity index (χ2v) is 8.87. The van der Waals surface area contributed by atoms with E-state index in [0.29, 0.717) is 6.04 Å². The number of rotatable bonds is 6. The summed E-state index contributed by atoms with van der Waals surface area (Å²) in [5.74, 6) is 0. The van der Waals surface area contributed by atoms with Crippen LogP contribution in [0.3, 0.4) is 0 Å². The Labute approximate surface area is 224 Å². The Hall–Kier alpha value is -2.10. The van der Waals surface area contributed by atoms with Gasteiger partial charge in [-0.25, -0.2) is 0 Å². The normalized spacial score (nSPS) is 15.1. The van der Waals surface area contributed by atoms with Crippen molar-refractivity contribution in [1.29, 1.82) is 0 Å². The molecule has 3 heteroatoms. The first-order chi connectivity index (χ1) is 17.5. The third-order valence-corrected chi connectivity index (χ3v) is 6.52. The second-order valence-electron chi connectivity index (χ2n) is 8.87. The minimum absolute atomic E-state index is 0.253. The molecule has 36 heavy (non-hydrogen) atoms. The van der Waals surface area contributed by atoms with Crippen LogP contribution in [-0.2, 0) is 5.41 Å². The summed E-state index contributed by atoms with van der Waals surface area (Å²) in [6.07, 6.45) is 6.86. The number of nitrogens with two attached hydrogens (primary N) is 2. The monoisotopic (exact) mass is 495 g/mol. The van der Waals surface area contributed by atoms with E-state index < -0.39 is 0 Å². The van der Waals surface area contributed by atoms with Gasteiger partial charge in [-0.2, -0.15) is 0 Å². The Balaban J connectivity index is 0.00000122. The van der Waals surface area contributed by atoms with Crippen molar-refractivity contribution in [3.05, 3.63) is 71.9 Å². The molecule has 1 fully saturated rings. The highest BCUT2D eigenvalue weighted by atomic mass is 15.1. The van der Waals surface area contributed by atoms with Crippen molar-refractivity contribution in [3.63, 3.8) is 0 Å². The van der Waals surface area contributed by atoms with Crippen LogP contribution < -0.4 is 11.5 Å². The minimum atomic E-state index is -0.253. The van der Waals surface area contributed by atoms with Crippen LogP contribution in [0.5, 0.6) is 0 Å². The number of piperidine rings is 1. The Morgan fingerprint density at radius 1 is 0.833 bits per heavy atom. The fraction of sp³-hybridized carbons (Fsp3) is 0.576.